The number of esters is 2. The Kier molecular flexibility index (Phi) is 6.74. The Labute approximate surface area is 175 Å². The van der Waals surface area contributed by atoms with Gasteiger partial charge < -0.3 is 20.1 Å². The highest BCUT2D eigenvalue weighted by Gasteiger charge is 2.44. The summed E-state index contributed by atoms with van der Waals surface area (Å²) >= 11 is 0. The summed E-state index contributed by atoms with van der Waals surface area (Å²) in [6.45, 7) is 3.47. The van der Waals surface area contributed by atoms with Crippen molar-refractivity contribution in [3.05, 3.63) is 46.9 Å². The molecule has 30 heavy (non-hydrogen) atoms. The Hall–Kier alpha value is -2.90. The fraction of sp³-hybridized carbons (Fsp3) is 0.500. The van der Waals surface area contributed by atoms with Gasteiger partial charge in [-0.05, 0) is 43.9 Å². The first-order valence-electron chi connectivity index (χ1n) is 10.3. The van der Waals surface area contributed by atoms with E-state index in [2.05, 4.69) is 10.6 Å². The number of carbonyl (C=O) groups is 3. The van der Waals surface area contributed by atoms with Crippen LogP contribution in [0.1, 0.15) is 51.5 Å². The van der Waals surface area contributed by atoms with Gasteiger partial charge in [0, 0.05) is 0 Å². The first kappa shape index (κ1) is 21.8. The number of ether oxygens (including phenoxy) is 2. The molecular weight excluding hydrogens is 391 g/mol. The number of hydrogen-bond donors (Lipinski definition) is 2. The number of carbonyl (C=O) groups excluding carboxylic acids is 3. The number of rotatable bonds is 7. The molecule has 0 bridgehead atoms. The number of nitrogens with one attached hydrogen (secondary N) is 2. The molecule has 0 saturated heterocycles. The van der Waals surface area contributed by atoms with Crippen LogP contribution >= 0.6 is 0 Å². The van der Waals surface area contributed by atoms with Crippen LogP contribution in [0.25, 0.3) is 0 Å². The van der Waals surface area contributed by atoms with Crippen molar-refractivity contribution < 1.29 is 28.2 Å². The molecular formula is C22H27FN2O5. The molecule has 1 aromatic carbocycles. The van der Waals surface area contributed by atoms with Crippen molar-refractivity contribution in [3.8, 4) is 0 Å². The van der Waals surface area contributed by atoms with Crippen LogP contribution in [0.3, 0.4) is 0 Å². The Morgan fingerprint density at radius 3 is 2.40 bits per heavy atom. The van der Waals surface area contributed by atoms with E-state index in [-0.39, 0.29) is 30.3 Å². The summed E-state index contributed by atoms with van der Waals surface area (Å²) in [6, 6.07) is 4.92. The first-order chi connectivity index (χ1) is 14.4. The van der Waals surface area contributed by atoms with E-state index < -0.39 is 29.4 Å². The van der Waals surface area contributed by atoms with Gasteiger partial charge in [0.15, 0.2) is 0 Å². The molecule has 2 aliphatic rings. The second-order valence-electron chi connectivity index (χ2n) is 7.54. The van der Waals surface area contributed by atoms with Crippen molar-refractivity contribution in [2.45, 2.75) is 57.4 Å². The lowest BCUT2D eigenvalue weighted by atomic mass is 9.79. The molecule has 1 aromatic rings. The van der Waals surface area contributed by atoms with Gasteiger partial charge in [0.2, 0.25) is 0 Å². The van der Waals surface area contributed by atoms with Gasteiger partial charge in [-0.2, -0.15) is 0 Å². The smallest absolute Gasteiger partial charge is 0.338 e. The minimum absolute atomic E-state index is 0.188. The lowest BCUT2D eigenvalue weighted by Gasteiger charge is -2.30. The Morgan fingerprint density at radius 1 is 1.13 bits per heavy atom. The third-order valence-electron chi connectivity index (χ3n) is 5.74. The van der Waals surface area contributed by atoms with Crippen LogP contribution in [0.5, 0.6) is 0 Å². The number of halogens is 1. The topological polar surface area (TPSA) is 93.7 Å². The Balaban J connectivity index is 1.84. The Bertz CT molecular complexity index is 844. The summed E-state index contributed by atoms with van der Waals surface area (Å²) in [6.07, 6.45) is 3.42. The van der Waals surface area contributed by atoms with E-state index in [0.717, 1.165) is 12.8 Å². The molecule has 1 aliphatic heterocycles. The van der Waals surface area contributed by atoms with Gasteiger partial charge in [0.05, 0.1) is 29.3 Å². The molecule has 1 heterocycles. The SMILES string of the molecule is CCOC(=O)C1=C(COC(=O)C2(c3ccc(F)cc3)CCCC2)NC(=O)N[C@H]1CC. The third kappa shape index (κ3) is 4.32. The summed E-state index contributed by atoms with van der Waals surface area (Å²) in [7, 11) is 0. The molecule has 1 aliphatic carbocycles. The number of benzene rings is 1. The predicted molar refractivity (Wildman–Crippen MR) is 107 cm³/mol. The van der Waals surface area contributed by atoms with Gasteiger partial charge in [-0.25, -0.2) is 14.0 Å². The van der Waals surface area contributed by atoms with Crippen LogP contribution in [0.15, 0.2) is 35.5 Å². The van der Waals surface area contributed by atoms with Crippen LogP contribution in [0, 0.1) is 5.82 Å². The molecule has 7 nitrogen and oxygen atoms in total. The fourth-order valence-corrected chi connectivity index (χ4v) is 4.21. The standard InChI is InChI=1S/C22H27FN2O5/c1-3-16-18(19(26)29-4-2)17(25-21(28)24-16)13-30-20(27)22(11-5-6-12-22)14-7-9-15(23)10-8-14/h7-10,16H,3-6,11-13H2,1-2H3,(H2,24,25,28)/t16-/m0/s1. The molecule has 0 spiro atoms. The van der Waals surface area contributed by atoms with Crippen molar-refractivity contribution in [1.29, 1.82) is 0 Å². The molecule has 1 fully saturated rings. The highest BCUT2D eigenvalue weighted by Crippen LogP contribution is 2.42. The number of hydrogen-bond acceptors (Lipinski definition) is 5. The van der Waals surface area contributed by atoms with Gasteiger partial charge in [-0.3, -0.25) is 4.79 Å². The van der Waals surface area contributed by atoms with Crippen LogP contribution in [-0.4, -0.2) is 37.2 Å². The highest BCUT2D eigenvalue weighted by atomic mass is 19.1. The van der Waals surface area contributed by atoms with Gasteiger partial charge >= 0.3 is 18.0 Å². The van der Waals surface area contributed by atoms with Crippen LogP contribution < -0.4 is 10.6 Å². The lowest BCUT2D eigenvalue weighted by Crippen LogP contribution is -2.51. The van der Waals surface area contributed by atoms with E-state index in [1.165, 1.54) is 12.1 Å². The van der Waals surface area contributed by atoms with Crippen molar-refractivity contribution in [2.24, 2.45) is 0 Å². The molecule has 0 radical (unpaired) electrons. The average molecular weight is 418 g/mol. The van der Waals surface area contributed by atoms with Gasteiger partial charge in [-0.1, -0.05) is 31.9 Å². The maximum absolute atomic E-state index is 13.4. The van der Waals surface area contributed by atoms with E-state index in [4.69, 9.17) is 9.47 Å². The summed E-state index contributed by atoms with van der Waals surface area (Å²) in [5.74, 6) is -1.37. The minimum atomic E-state index is -0.848. The van der Waals surface area contributed by atoms with Crippen molar-refractivity contribution >= 4 is 18.0 Å². The first-order valence-corrected chi connectivity index (χ1v) is 10.3. The fourth-order valence-electron chi connectivity index (χ4n) is 4.21. The Morgan fingerprint density at radius 2 is 1.80 bits per heavy atom. The molecule has 0 unspecified atom stereocenters. The predicted octanol–water partition coefficient (Wildman–Crippen LogP) is 3.09. The summed E-state index contributed by atoms with van der Waals surface area (Å²) in [5, 5.41) is 5.26. The molecule has 0 aromatic heterocycles. The zero-order valence-corrected chi connectivity index (χ0v) is 17.3. The maximum atomic E-state index is 13.4. The van der Waals surface area contributed by atoms with E-state index in [9.17, 15) is 18.8 Å². The van der Waals surface area contributed by atoms with Gasteiger partial charge in [0.1, 0.15) is 12.4 Å². The summed E-state index contributed by atoms with van der Waals surface area (Å²) in [5.41, 5.74) is 0.352. The van der Waals surface area contributed by atoms with Crippen LogP contribution in [0.4, 0.5) is 9.18 Å². The van der Waals surface area contributed by atoms with Crippen molar-refractivity contribution in [1.82, 2.24) is 10.6 Å². The molecule has 1 atom stereocenters. The summed E-state index contributed by atoms with van der Waals surface area (Å²) < 4.78 is 24.1. The van der Waals surface area contributed by atoms with Gasteiger partial charge in [0.25, 0.3) is 0 Å². The molecule has 1 saturated carbocycles. The van der Waals surface area contributed by atoms with Gasteiger partial charge in [-0.15, -0.1) is 0 Å². The molecule has 8 heteroatoms. The van der Waals surface area contributed by atoms with Crippen molar-refractivity contribution in [2.75, 3.05) is 13.2 Å². The average Bonchev–Trinajstić information content (AvgIpc) is 3.23. The van der Waals surface area contributed by atoms with Crippen LogP contribution in [0.2, 0.25) is 0 Å². The number of urea groups is 1. The second kappa shape index (κ2) is 9.28. The molecule has 2 amide bonds. The molecule has 3 rings (SSSR count). The minimum Gasteiger partial charge on any atom is -0.463 e. The van der Waals surface area contributed by atoms with E-state index in [1.807, 2.05) is 6.92 Å². The van der Waals surface area contributed by atoms with E-state index in [0.29, 0.717) is 24.8 Å². The van der Waals surface area contributed by atoms with Crippen LogP contribution in [-0.2, 0) is 24.5 Å². The normalized spacial score (nSPS) is 20.4. The highest BCUT2D eigenvalue weighted by molar-refractivity contribution is 5.95. The number of amides is 2. The third-order valence-corrected chi connectivity index (χ3v) is 5.74. The molecule has 162 valence electrons. The molecule has 2 N–H and O–H groups in total. The maximum Gasteiger partial charge on any atom is 0.338 e. The second-order valence-corrected chi connectivity index (χ2v) is 7.54. The summed E-state index contributed by atoms with van der Waals surface area (Å²) in [4.78, 5) is 37.6. The monoisotopic (exact) mass is 418 g/mol. The van der Waals surface area contributed by atoms with Crippen molar-refractivity contribution in [3.63, 3.8) is 0 Å². The zero-order valence-electron chi connectivity index (χ0n) is 17.3. The quantitative estimate of drug-likeness (QED) is 0.664. The lowest BCUT2D eigenvalue weighted by molar-refractivity contribution is -0.150. The van der Waals surface area contributed by atoms with E-state index >= 15 is 0 Å². The van der Waals surface area contributed by atoms with E-state index in [1.54, 1.807) is 19.1 Å². The largest absolute Gasteiger partial charge is 0.463 e. The zero-order chi connectivity index (χ0) is 21.7.